The standard InChI is InChI=1S/C25H22ClN3O3S/c1-16-23(33-17(2)28-16)25(31)29(20-11-6-10-19(26)14-20)22(18-8-4-3-5-9-18)24(30)27-15-21-12-7-13-32-21/h3-14,22H,15H2,1-2H3,(H,27,30). The zero-order valence-corrected chi connectivity index (χ0v) is 19.7. The van der Waals surface area contributed by atoms with Crippen molar-refractivity contribution in [3.63, 3.8) is 0 Å². The molecule has 0 saturated heterocycles. The predicted octanol–water partition coefficient (Wildman–Crippen LogP) is 5.71. The number of nitrogens with zero attached hydrogens (tertiary/aromatic N) is 2. The summed E-state index contributed by atoms with van der Waals surface area (Å²) in [7, 11) is 0. The van der Waals surface area contributed by atoms with Crippen LogP contribution in [-0.4, -0.2) is 16.8 Å². The second-order valence-electron chi connectivity index (χ2n) is 7.41. The maximum absolute atomic E-state index is 13.9. The highest BCUT2D eigenvalue weighted by molar-refractivity contribution is 7.13. The average molecular weight is 480 g/mol. The molecule has 0 aliphatic rings. The SMILES string of the molecule is Cc1nc(C)c(C(=O)N(c2cccc(Cl)c2)C(C(=O)NCc2ccco2)c2ccccc2)s1. The lowest BCUT2D eigenvalue weighted by molar-refractivity contribution is -0.122. The number of nitrogens with one attached hydrogen (secondary N) is 1. The maximum Gasteiger partial charge on any atom is 0.271 e. The molecule has 33 heavy (non-hydrogen) atoms. The molecule has 1 N–H and O–H groups in total. The Balaban J connectivity index is 1.81. The highest BCUT2D eigenvalue weighted by Crippen LogP contribution is 2.33. The van der Waals surface area contributed by atoms with Gasteiger partial charge in [-0.3, -0.25) is 14.5 Å². The first-order chi connectivity index (χ1) is 15.9. The number of anilines is 1. The molecule has 1 atom stereocenters. The maximum atomic E-state index is 13.9. The molecular weight excluding hydrogens is 458 g/mol. The van der Waals surface area contributed by atoms with Crippen LogP contribution in [0.25, 0.3) is 0 Å². The van der Waals surface area contributed by atoms with Gasteiger partial charge in [-0.15, -0.1) is 11.3 Å². The summed E-state index contributed by atoms with van der Waals surface area (Å²) >= 11 is 7.58. The molecule has 0 aliphatic heterocycles. The van der Waals surface area contributed by atoms with Crippen LogP contribution in [0.15, 0.2) is 77.4 Å². The van der Waals surface area contributed by atoms with Crippen molar-refractivity contribution < 1.29 is 14.0 Å². The minimum absolute atomic E-state index is 0.200. The van der Waals surface area contributed by atoms with Gasteiger partial charge in [0.1, 0.15) is 16.7 Å². The fourth-order valence-corrected chi connectivity index (χ4v) is 4.63. The van der Waals surface area contributed by atoms with Crippen molar-refractivity contribution in [2.24, 2.45) is 0 Å². The van der Waals surface area contributed by atoms with Crippen molar-refractivity contribution >= 4 is 40.4 Å². The Bertz CT molecular complexity index is 1260. The van der Waals surface area contributed by atoms with Crippen LogP contribution in [0.1, 0.15) is 37.7 Å². The fraction of sp³-hybridized carbons (Fsp3) is 0.160. The molecule has 0 aliphatic carbocycles. The van der Waals surface area contributed by atoms with Crippen LogP contribution in [0.5, 0.6) is 0 Å². The van der Waals surface area contributed by atoms with Gasteiger partial charge in [0.15, 0.2) is 0 Å². The summed E-state index contributed by atoms with van der Waals surface area (Å²) < 4.78 is 5.35. The molecule has 0 saturated carbocycles. The highest BCUT2D eigenvalue weighted by Gasteiger charge is 2.35. The van der Waals surface area contributed by atoms with Gasteiger partial charge in [-0.25, -0.2) is 4.98 Å². The summed E-state index contributed by atoms with van der Waals surface area (Å²) in [5.74, 6) is -0.0445. The van der Waals surface area contributed by atoms with Crippen molar-refractivity contribution in [3.05, 3.63) is 105 Å². The van der Waals surface area contributed by atoms with Gasteiger partial charge in [0, 0.05) is 10.7 Å². The van der Waals surface area contributed by atoms with Crippen molar-refractivity contribution in [3.8, 4) is 0 Å². The van der Waals surface area contributed by atoms with Gasteiger partial charge in [0.05, 0.1) is 23.5 Å². The van der Waals surface area contributed by atoms with Gasteiger partial charge in [0.2, 0.25) is 5.91 Å². The van der Waals surface area contributed by atoms with Crippen LogP contribution < -0.4 is 10.2 Å². The van der Waals surface area contributed by atoms with E-state index >= 15 is 0 Å². The Morgan fingerprint density at radius 2 is 1.88 bits per heavy atom. The van der Waals surface area contributed by atoms with E-state index in [-0.39, 0.29) is 18.4 Å². The minimum Gasteiger partial charge on any atom is -0.467 e. The van der Waals surface area contributed by atoms with Crippen LogP contribution in [0.2, 0.25) is 5.02 Å². The number of halogens is 1. The molecule has 2 heterocycles. The molecule has 6 nitrogen and oxygen atoms in total. The van der Waals surface area contributed by atoms with Gasteiger partial charge in [0.25, 0.3) is 5.91 Å². The molecule has 0 fully saturated rings. The average Bonchev–Trinajstić information content (AvgIpc) is 3.45. The van der Waals surface area contributed by atoms with Gasteiger partial charge in [-0.05, 0) is 49.7 Å². The largest absolute Gasteiger partial charge is 0.467 e. The van der Waals surface area contributed by atoms with E-state index in [0.29, 0.717) is 32.6 Å². The summed E-state index contributed by atoms with van der Waals surface area (Å²) in [5.41, 5.74) is 1.80. The zero-order chi connectivity index (χ0) is 23.4. The van der Waals surface area contributed by atoms with E-state index in [4.69, 9.17) is 16.0 Å². The third-order valence-electron chi connectivity index (χ3n) is 5.04. The molecule has 2 amide bonds. The van der Waals surface area contributed by atoms with Crippen molar-refractivity contribution in [2.75, 3.05) is 4.90 Å². The van der Waals surface area contributed by atoms with E-state index in [0.717, 1.165) is 5.01 Å². The molecule has 2 aromatic carbocycles. The number of rotatable bonds is 7. The number of hydrogen-bond acceptors (Lipinski definition) is 5. The van der Waals surface area contributed by atoms with Crippen LogP contribution >= 0.6 is 22.9 Å². The van der Waals surface area contributed by atoms with E-state index in [1.165, 1.54) is 16.2 Å². The Morgan fingerprint density at radius 1 is 1.09 bits per heavy atom. The second kappa shape index (κ2) is 10.0. The molecule has 0 bridgehead atoms. The lowest BCUT2D eigenvalue weighted by atomic mass is 10.0. The van der Waals surface area contributed by atoms with Crippen LogP contribution in [0.3, 0.4) is 0 Å². The summed E-state index contributed by atoms with van der Waals surface area (Å²) in [5, 5.41) is 4.14. The monoisotopic (exact) mass is 479 g/mol. The quantitative estimate of drug-likeness (QED) is 0.368. The van der Waals surface area contributed by atoms with Gasteiger partial charge >= 0.3 is 0 Å². The number of aryl methyl sites for hydroxylation is 2. The number of carbonyl (C=O) groups excluding carboxylic acids is 2. The van der Waals surface area contributed by atoms with E-state index < -0.39 is 6.04 Å². The van der Waals surface area contributed by atoms with Crippen LogP contribution in [0.4, 0.5) is 5.69 Å². The van der Waals surface area contributed by atoms with E-state index in [2.05, 4.69) is 10.3 Å². The minimum atomic E-state index is -0.936. The Morgan fingerprint density at radius 3 is 2.52 bits per heavy atom. The van der Waals surface area contributed by atoms with E-state index in [1.807, 2.05) is 37.3 Å². The van der Waals surface area contributed by atoms with Gasteiger partial charge < -0.3 is 9.73 Å². The smallest absolute Gasteiger partial charge is 0.271 e. The van der Waals surface area contributed by atoms with E-state index in [1.54, 1.807) is 49.6 Å². The number of hydrogen-bond donors (Lipinski definition) is 1. The molecule has 2 aromatic heterocycles. The molecule has 0 radical (unpaired) electrons. The number of thiazole rings is 1. The lowest BCUT2D eigenvalue weighted by Crippen LogP contribution is -2.44. The lowest BCUT2D eigenvalue weighted by Gasteiger charge is -2.31. The number of carbonyl (C=O) groups is 2. The van der Waals surface area contributed by atoms with Crippen LogP contribution in [-0.2, 0) is 11.3 Å². The summed E-state index contributed by atoms with van der Waals surface area (Å²) in [4.78, 5) is 33.8. The molecule has 8 heteroatoms. The second-order valence-corrected chi connectivity index (χ2v) is 9.05. The molecule has 1 unspecified atom stereocenters. The number of furan rings is 1. The van der Waals surface area contributed by atoms with Gasteiger partial charge in [-0.2, -0.15) is 0 Å². The number of amides is 2. The third kappa shape index (κ3) is 5.16. The summed E-state index contributed by atoms with van der Waals surface area (Å²) in [6, 6.07) is 18.7. The molecular formula is C25H22ClN3O3S. The first-order valence-corrected chi connectivity index (χ1v) is 11.5. The Kier molecular flexibility index (Phi) is 6.91. The Labute approximate surface area is 200 Å². The van der Waals surface area contributed by atoms with E-state index in [9.17, 15) is 9.59 Å². The molecule has 4 aromatic rings. The first-order valence-electron chi connectivity index (χ1n) is 10.3. The van der Waals surface area contributed by atoms with Gasteiger partial charge in [-0.1, -0.05) is 48.0 Å². The molecule has 0 spiro atoms. The van der Waals surface area contributed by atoms with Crippen molar-refractivity contribution in [1.82, 2.24) is 10.3 Å². The molecule has 168 valence electrons. The predicted molar refractivity (Wildman–Crippen MR) is 130 cm³/mol. The fourth-order valence-electron chi connectivity index (χ4n) is 3.59. The van der Waals surface area contributed by atoms with Crippen LogP contribution in [0, 0.1) is 13.8 Å². The van der Waals surface area contributed by atoms with Crippen molar-refractivity contribution in [2.45, 2.75) is 26.4 Å². The summed E-state index contributed by atoms with van der Waals surface area (Å²) in [6.45, 7) is 3.84. The zero-order valence-electron chi connectivity index (χ0n) is 18.1. The normalized spacial score (nSPS) is 11.7. The Hall–Kier alpha value is -3.42. The number of aromatic nitrogens is 1. The highest BCUT2D eigenvalue weighted by atomic mass is 35.5. The first kappa shape index (κ1) is 22.8. The topological polar surface area (TPSA) is 75.4 Å². The van der Waals surface area contributed by atoms with Crippen molar-refractivity contribution in [1.29, 1.82) is 0 Å². The third-order valence-corrected chi connectivity index (χ3v) is 6.34. The summed E-state index contributed by atoms with van der Waals surface area (Å²) in [6.07, 6.45) is 1.55. The number of benzene rings is 2. The molecule has 4 rings (SSSR count).